The van der Waals surface area contributed by atoms with Crippen LogP contribution in [0.25, 0.3) is 0 Å². The van der Waals surface area contributed by atoms with Crippen LogP contribution < -0.4 is 5.73 Å². The van der Waals surface area contributed by atoms with Crippen molar-refractivity contribution in [3.05, 3.63) is 0 Å². The summed E-state index contributed by atoms with van der Waals surface area (Å²) < 4.78 is 0. The van der Waals surface area contributed by atoms with Gasteiger partial charge in [-0.2, -0.15) is 0 Å². The second-order valence-electron chi connectivity index (χ2n) is 6.85. The minimum atomic E-state index is -1.13. The molecule has 23 heavy (non-hydrogen) atoms. The van der Waals surface area contributed by atoms with Crippen LogP contribution in [0, 0.1) is 5.92 Å². The molecule has 0 aromatic rings. The average molecular weight is 325 g/mol. The van der Waals surface area contributed by atoms with E-state index >= 15 is 0 Å². The molecule has 1 heterocycles. The van der Waals surface area contributed by atoms with E-state index in [1.165, 1.54) is 23.8 Å². The molecule has 0 aromatic heterocycles. The van der Waals surface area contributed by atoms with Gasteiger partial charge in [-0.1, -0.05) is 13.8 Å². The van der Waals surface area contributed by atoms with Gasteiger partial charge < -0.3 is 15.5 Å². The molecule has 0 radical (unpaired) electrons. The lowest BCUT2D eigenvalue weighted by Crippen LogP contribution is -2.60. The van der Waals surface area contributed by atoms with Crippen molar-refractivity contribution >= 4 is 23.5 Å². The van der Waals surface area contributed by atoms with Crippen molar-refractivity contribution in [2.24, 2.45) is 11.7 Å². The molecule has 7 nitrogen and oxygen atoms in total. The van der Waals surface area contributed by atoms with Gasteiger partial charge in [0.05, 0.1) is 0 Å². The predicted octanol–water partition coefficient (Wildman–Crippen LogP) is 0.315. The summed E-state index contributed by atoms with van der Waals surface area (Å²) in [4.78, 5) is 50.7. The van der Waals surface area contributed by atoms with Crippen LogP contribution in [0.3, 0.4) is 0 Å². The normalized spacial score (nSPS) is 20.3. The summed E-state index contributed by atoms with van der Waals surface area (Å²) in [6.07, 6.45) is 1.57. The highest BCUT2D eigenvalue weighted by Crippen LogP contribution is 2.27. The lowest BCUT2D eigenvalue weighted by atomic mass is 9.88. The van der Waals surface area contributed by atoms with Gasteiger partial charge in [-0.15, -0.1) is 0 Å². The lowest BCUT2D eigenvalue weighted by molar-refractivity contribution is -0.153. The number of carbonyl (C=O) groups is 4. The van der Waals surface area contributed by atoms with Crippen LogP contribution in [-0.4, -0.2) is 58.5 Å². The van der Waals surface area contributed by atoms with Crippen LogP contribution in [0.5, 0.6) is 0 Å². The maximum absolute atomic E-state index is 12.8. The Morgan fingerprint density at radius 2 is 1.87 bits per heavy atom. The summed E-state index contributed by atoms with van der Waals surface area (Å²) in [6, 6.07) is -0.706. The first kappa shape index (κ1) is 19.1. The highest BCUT2D eigenvalue weighted by Gasteiger charge is 2.44. The zero-order valence-electron chi connectivity index (χ0n) is 14.6. The SMILES string of the molecule is CC(=O)C(=O)N1CCC[C@H]1C(=O)N(C)[C@@](C)(CC(C)C)C(N)=O. The first-order valence-electron chi connectivity index (χ1n) is 7.91. The van der Waals surface area contributed by atoms with Crippen molar-refractivity contribution in [1.82, 2.24) is 9.80 Å². The highest BCUT2D eigenvalue weighted by atomic mass is 16.2. The number of hydrogen-bond donors (Lipinski definition) is 1. The van der Waals surface area contributed by atoms with E-state index < -0.39 is 29.2 Å². The van der Waals surface area contributed by atoms with Gasteiger partial charge in [-0.05, 0) is 32.1 Å². The van der Waals surface area contributed by atoms with Crippen molar-refractivity contribution in [3.8, 4) is 0 Å². The molecule has 0 unspecified atom stereocenters. The van der Waals surface area contributed by atoms with E-state index in [0.29, 0.717) is 25.8 Å². The van der Waals surface area contributed by atoms with Crippen molar-refractivity contribution in [2.75, 3.05) is 13.6 Å². The first-order valence-corrected chi connectivity index (χ1v) is 7.91. The van der Waals surface area contributed by atoms with Crippen LogP contribution in [0.1, 0.15) is 47.0 Å². The summed E-state index contributed by atoms with van der Waals surface area (Å²) >= 11 is 0. The van der Waals surface area contributed by atoms with Crippen molar-refractivity contribution in [2.45, 2.75) is 58.5 Å². The van der Waals surface area contributed by atoms with E-state index in [9.17, 15) is 19.2 Å². The van der Waals surface area contributed by atoms with Crippen LogP contribution >= 0.6 is 0 Å². The third kappa shape index (κ3) is 3.89. The Morgan fingerprint density at radius 1 is 1.30 bits per heavy atom. The zero-order chi connectivity index (χ0) is 17.9. The second-order valence-corrected chi connectivity index (χ2v) is 6.85. The van der Waals surface area contributed by atoms with E-state index in [4.69, 9.17) is 5.73 Å². The number of hydrogen-bond acceptors (Lipinski definition) is 4. The first-order chi connectivity index (χ1) is 10.5. The number of ketones is 1. The molecule has 1 aliphatic rings. The number of likely N-dealkylation sites (N-methyl/N-ethyl adjacent to an activating group) is 1. The van der Waals surface area contributed by atoms with E-state index in [1.54, 1.807) is 6.92 Å². The molecule has 2 N–H and O–H groups in total. The van der Waals surface area contributed by atoms with Gasteiger partial charge in [-0.3, -0.25) is 19.2 Å². The number of nitrogens with two attached hydrogens (primary N) is 1. The summed E-state index contributed by atoms with van der Waals surface area (Å²) in [6.45, 7) is 7.10. The largest absolute Gasteiger partial charge is 0.368 e. The molecule has 1 aliphatic heterocycles. The van der Waals surface area contributed by atoms with Crippen molar-refractivity contribution in [3.63, 3.8) is 0 Å². The lowest BCUT2D eigenvalue weighted by Gasteiger charge is -2.39. The quantitative estimate of drug-likeness (QED) is 0.710. The maximum Gasteiger partial charge on any atom is 0.290 e. The Morgan fingerprint density at radius 3 is 2.30 bits per heavy atom. The molecule has 0 spiro atoms. The molecule has 2 atom stereocenters. The Labute approximate surface area is 137 Å². The molecule has 130 valence electrons. The number of rotatable bonds is 6. The molecule has 0 bridgehead atoms. The summed E-state index contributed by atoms with van der Waals surface area (Å²) in [5, 5.41) is 0. The van der Waals surface area contributed by atoms with Crippen molar-refractivity contribution in [1.29, 1.82) is 0 Å². The number of carbonyl (C=O) groups excluding carboxylic acids is 4. The van der Waals surface area contributed by atoms with Gasteiger partial charge in [-0.25, -0.2) is 0 Å². The van der Waals surface area contributed by atoms with Crippen LogP contribution in [0.4, 0.5) is 0 Å². The fourth-order valence-corrected chi connectivity index (χ4v) is 3.13. The number of likely N-dealkylation sites (tertiary alicyclic amines) is 1. The predicted molar refractivity (Wildman–Crippen MR) is 85.2 cm³/mol. The molecule has 0 aromatic carbocycles. The average Bonchev–Trinajstić information content (AvgIpc) is 2.92. The molecule has 0 saturated carbocycles. The van der Waals surface area contributed by atoms with E-state index in [1.807, 2.05) is 13.8 Å². The Balaban J connectivity index is 3.03. The third-order valence-corrected chi connectivity index (χ3v) is 4.51. The van der Waals surface area contributed by atoms with E-state index in [2.05, 4.69) is 0 Å². The summed E-state index contributed by atoms with van der Waals surface area (Å²) in [5.74, 6) is -2.00. The molecular weight excluding hydrogens is 298 g/mol. The van der Waals surface area contributed by atoms with E-state index in [0.717, 1.165) is 0 Å². The number of primary amides is 1. The monoisotopic (exact) mass is 325 g/mol. The third-order valence-electron chi connectivity index (χ3n) is 4.51. The van der Waals surface area contributed by atoms with Crippen molar-refractivity contribution < 1.29 is 19.2 Å². The van der Waals surface area contributed by atoms with E-state index in [-0.39, 0.29) is 11.8 Å². The minimum absolute atomic E-state index is 0.168. The van der Waals surface area contributed by atoms with Gasteiger partial charge in [0.15, 0.2) is 0 Å². The van der Waals surface area contributed by atoms with Gasteiger partial charge in [0.1, 0.15) is 11.6 Å². The standard InChI is InChI=1S/C16H27N3O4/c1-10(2)9-16(4,15(17)23)18(5)14(22)12-7-6-8-19(12)13(21)11(3)20/h10,12H,6-9H2,1-5H3,(H2,17,23)/t12-,16-/m0/s1. The highest BCUT2D eigenvalue weighted by molar-refractivity contribution is 6.35. The topological polar surface area (TPSA) is 101 Å². The minimum Gasteiger partial charge on any atom is -0.368 e. The molecule has 1 rings (SSSR count). The molecule has 1 fully saturated rings. The Kier molecular flexibility index (Phi) is 5.91. The summed E-state index contributed by atoms with van der Waals surface area (Å²) in [5.41, 5.74) is 4.41. The fourth-order valence-electron chi connectivity index (χ4n) is 3.13. The Hall–Kier alpha value is -1.92. The molecule has 3 amide bonds. The van der Waals surface area contributed by atoms with Gasteiger partial charge in [0.2, 0.25) is 17.6 Å². The Bertz CT molecular complexity index is 517. The van der Waals surface area contributed by atoms with Gasteiger partial charge in [0, 0.05) is 20.5 Å². The van der Waals surface area contributed by atoms with Crippen LogP contribution in [-0.2, 0) is 19.2 Å². The number of amides is 3. The molecule has 7 heteroatoms. The zero-order valence-corrected chi connectivity index (χ0v) is 14.6. The van der Waals surface area contributed by atoms with Crippen LogP contribution in [0.2, 0.25) is 0 Å². The molecule has 1 saturated heterocycles. The second kappa shape index (κ2) is 7.10. The number of Topliss-reactive ketones (excluding diaryl/α,β-unsaturated/α-hetero) is 1. The summed E-state index contributed by atoms with van der Waals surface area (Å²) in [7, 11) is 1.53. The molecule has 0 aliphatic carbocycles. The maximum atomic E-state index is 12.8. The van der Waals surface area contributed by atoms with Gasteiger partial charge in [0.25, 0.3) is 5.91 Å². The van der Waals surface area contributed by atoms with Crippen LogP contribution in [0.15, 0.2) is 0 Å². The molecular formula is C16H27N3O4. The van der Waals surface area contributed by atoms with Gasteiger partial charge >= 0.3 is 0 Å². The fraction of sp³-hybridized carbons (Fsp3) is 0.750. The smallest absolute Gasteiger partial charge is 0.290 e. The number of nitrogens with zero attached hydrogens (tertiary/aromatic N) is 2.